The standard InChI is InChI=1S/C25H29NO3/c1-16-14-22-21(15-20(16)25(28)29)19(13-12-17-8-4-2-5-9-17)23(26-22)24(27)18-10-6-3-7-11-18/h2,4-5,8-9,14-15,18,24,26-27H,3,6-7,10-13H2,1H3,(H,28,29). The average Bonchev–Trinajstić information content (AvgIpc) is 3.09. The molecule has 0 amide bonds. The molecule has 4 rings (SSSR count). The molecule has 29 heavy (non-hydrogen) atoms. The number of nitrogens with one attached hydrogen (secondary N) is 1. The predicted molar refractivity (Wildman–Crippen MR) is 115 cm³/mol. The number of hydrogen-bond donors (Lipinski definition) is 3. The number of carboxylic acids is 1. The van der Waals surface area contributed by atoms with Crippen molar-refractivity contribution in [1.29, 1.82) is 0 Å². The van der Waals surface area contributed by atoms with Crippen molar-refractivity contribution in [1.82, 2.24) is 4.98 Å². The minimum absolute atomic E-state index is 0.271. The van der Waals surface area contributed by atoms with E-state index in [0.717, 1.165) is 53.4 Å². The minimum Gasteiger partial charge on any atom is -0.478 e. The molecule has 0 saturated heterocycles. The molecule has 1 fully saturated rings. The van der Waals surface area contributed by atoms with Crippen LogP contribution in [-0.2, 0) is 12.8 Å². The Kier molecular flexibility index (Phi) is 5.72. The summed E-state index contributed by atoms with van der Waals surface area (Å²) in [5.74, 6) is -0.638. The first-order valence-corrected chi connectivity index (χ1v) is 10.6. The van der Waals surface area contributed by atoms with Gasteiger partial charge in [-0.2, -0.15) is 0 Å². The predicted octanol–water partition coefficient (Wildman–Crippen LogP) is 5.57. The monoisotopic (exact) mass is 391 g/mol. The lowest BCUT2D eigenvalue weighted by atomic mass is 9.83. The third-order valence-electron chi connectivity index (χ3n) is 6.41. The Balaban J connectivity index is 1.76. The lowest BCUT2D eigenvalue weighted by Gasteiger charge is -2.27. The number of aliphatic hydroxyl groups is 1. The maximum absolute atomic E-state index is 11.7. The van der Waals surface area contributed by atoms with E-state index in [1.54, 1.807) is 6.07 Å². The zero-order valence-corrected chi connectivity index (χ0v) is 16.9. The molecule has 1 aliphatic rings. The Bertz CT molecular complexity index is 1000. The summed E-state index contributed by atoms with van der Waals surface area (Å²) in [7, 11) is 0. The quantitative estimate of drug-likeness (QED) is 0.514. The molecule has 3 aromatic rings. The topological polar surface area (TPSA) is 73.3 Å². The van der Waals surface area contributed by atoms with E-state index < -0.39 is 12.1 Å². The van der Waals surface area contributed by atoms with Gasteiger partial charge in [-0.25, -0.2) is 4.79 Å². The van der Waals surface area contributed by atoms with Crippen molar-refractivity contribution in [2.45, 2.75) is 58.0 Å². The molecule has 2 aromatic carbocycles. The summed E-state index contributed by atoms with van der Waals surface area (Å²) in [6, 6.07) is 14.0. The van der Waals surface area contributed by atoms with Crippen molar-refractivity contribution in [3.63, 3.8) is 0 Å². The summed E-state index contributed by atoms with van der Waals surface area (Å²) in [5, 5.41) is 21.7. The number of rotatable bonds is 6. The fraction of sp³-hybridized carbons (Fsp3) is 0.400. The molecule has 1 aromatic heterocycles. The van der Waals surface area contributed by atoms with Crippen LogP contribution in [0.3, 0.4) is 0 Å². The Morgan fingerprint density at radius 3 is 2.52 bits per heavy atom. The summed E-state index contributed by atoms with van der Waals surface area (Å²) >= 11 is 0. The van der Waals surface area contributed by atoms with Gasteiger partial charge < -0.3 is 15.2 Å². The van der Waals surface area contributed by atoms with Crippen LogP contribution in [0.15, 0.2) is 42.5 Å². The highest BCUT2D eigenvalue weighted by Gasteiger charge is 2.27. The molecular weight excluding hydrogens is 362 g/mol. The van der Waals surface area contributed by atoms with E-state index in [4.69, 9.17) is 0 Å². The molecule has 1 saturated carbocycles. The molecule has 3 N–H and O–H groups in total. The van der Waals surface area contributed by atoms with Gasteiger partial charge >= 0.3 is 5.97 Å². The van der Waals surface area contributed by atoms with E-state index in [1.165, 1.54) is 24.8 Å². The van der Waals surface area contributed by atoms with Gasteiger partial charge in [-0.15, -0.1) is 0 Å². The zero-order valence-electron chi connectivity index (χ0n) is 16.9. The van der Waals surface area contributed by atoms with Gasteiger partial charge in [0.05, 0.1) is 11.7 Å². The number of aryl methyl sites for hydroxylation is 3. The normalized spacial score (nSPS) is 16.2. The highest BCUT2D eigenvalue weighted by molar-refractivity contribution is 5.97. The van der Waals surface area contributed by atoms with E-state index in [9.17, 15) is 15.0 Å². The molecule has 0 bridgehead atoms. The van der Waals surface area contributed by atoms with Crippen molar-refractivity contribution in [3.05, 3.63) is 70.4 Å². The van der Waals surface area contributed by atoms with Crippen LogP contribution in [0.5, 0.6) is 0 Å². The fourth-order valence-corrected chi connectivity index (χ4v) is 4.78. The average molecular weight is 392 g/mol. The van der Waals surface area contributed by atoms with Crippen molar-refractivity contribution >= 4 is 16.9 Å². The SMILES string of the molecule is Cc1cc2[nH]c(C(O)C3CCCCC3)c(CCc3ccccc3)c2cc1C(=O)O. The lowest BCUT2D eigenvalue weighted by molar-refractivity contribution is 0.0696. The van der Waals surface area contributed by atoms with Crippen molar-refractivity contribution < 1.29 is 15.0 Å². The first-order valence-electron chi connectivity index (χ1n) is 10.6. The van der Waals surface area contributed by atoms with Gasteiger partial charge in [0.25, 0.3) is 0 Å². The van der Waals surface area contributed by atoms with Crippen LogP contribution in [-0.4, -0.2) is 21.2 Å². The molecular formula is C25H29NO3. The van der Waals surface area contributed by atoms with E-state index in [1.807, 2.05) is 31.2 Å². The van der Waals surface area contributed by atoms with E-state index in [0.29, 0.717) is 5.56 Å². The maximum atomic E-state index is 11.7. The van der Waals surface area contributed by atoms with E-state index in [-0.39, 0.29) is 5.92 Å². The van der Waals surface area contributed by atoms with Crippen LogP contribution in [0.4, 0.5) is 0 Å². The summed E-state index contributed by atoms with van der Waals surface area (Å²) in [6.07, 6.45) is 6.79. The molecule has 0 spiro atoms. The molecule has 4 nitrogen and oxygen atoms in total. The summed E-state index contributed by atoms with van der Waals surface area (Å²) in [5.41, 5.74) is 5.16. The highest BCUT2D eigenvalue weighted by atomic mass is 16.4. The Morgan fingerprint density at radius 2 is 1.83 bits per heavy atom. The van der Waals surface area contributed by atoms with Crippen molar-refractivity contribution in [2.24, 2.45) is 5.92 Å². The number of aromatic nitrogens is 1. The second-order valence-electron chi connectivity index (χ2n) is 8.36. The van der Waals surface area contributed by atoms with Gasteiger partial charge in [-0.3, -0.25) is 0 Å². The number of carboxylic acid groups (broad SMARTS) is 1. The molecule has 0 aliphatic heterocycles. The summed E-state index contributed by atoms with van der Waals surface area (Å²) < 4.78 is 0. The van der Waals surface area contributed by atoms with Gasteiger partial charge in [0.15, 0.2) is 0 Å². The minimum atomic E-state index is -0.908. The fourth-order valence-electron chi connectivity index (χ4n) is 4.78. The van der Waals surface area contributed by atoms with Crippen LogP contribution in [0.2, 0.25) is 0 Å². The van der Waals surface area contributed by atoms with Crippen LogP contribution in [0.25, 0.3) is 10.9 Å². The Morgan fingerprint density at radius 1 is 1.10 bits per heavy atom. The highest BCUT2D eigenvalue weighted by Crippen LogP contribution is 2.38. The van der Waals surface area contributed by atoms with E-state index >= 15 is 0 Å². The van der Waals surface area contributed by atoms with Crippen LogP contribution < -0.4 is 0 Å². The second-order valence-corrected chi connectivity index (χ2v) is 8.36. The van der Waals surface area contributed by atoms with Crippen LogP contribution in [0, 0.1) is 12.8 Å². The Labute approximate surface area is 171 Å². The summed E-state index contributed by atoms with van der Waals surface area (Å²) in [6.45, 7) is 1.82. The van der Waals surface area contributed by atoms with Crippen LogP contribution >= 0.6 is 0 Å². The summed E-state index contributed by atoms with van der Waals surface area (Å²) in [4.78, 5) is 15.1. The maximum Gasteiger partial charge on any atom is 0.335 e. The largest absolute Gasteiger partial charge is 0.478 e. The van der Waals surface area contributed by atoms with Crippen molar-refractivity contribution in [2.75, 3.05) is 0 Å². The number of fused-ring (bicyclic) bond motifs is 1. The third kappa shape index (κ3) is 4.08. The van der Waals surface area contributed by atoms with Gasteiger partial charge in [-0.05, 0) is 67.3 Å². The molecule has 152 valence electrons. The number of aromatic amines is 1. The number of aliphatic hydroxyl groups excluding tert-OH is 1. The zero-order chi connectivity index (χ0) is 20.4. The second kappa shape index (κ2) is 8.42. The molecule has 1 unspecified atom stereocenters. The number of aromatic carboxylic acids is 1. The smallest absolute Gasteiger partial charge is 0.335 e. The Hall–Kier alpha value is -2.59. The van der Waals surface area contributed by atoms with Crippen molar-refractivity contribution in [3.8, 4) is 0 Å². The van der Waals surface area contributed by atoms with Crippen LogP contribution in [0.1, 0.15) is 71.0 Å². The lowest BCUT2D eigenvalue weighted by Crippen LogP contribution is -2.17. The first-order chi connectivity index (χ1) is 14.0. The molecule has 0 radical (unpaired) electrons. The van der Waals surface area contributed by atoms with Gasteiger partial charge in [-0.1, -0.05) is 49.6 Å². The third-order valence-corrected chi connectivity index (χ3v) is 6.41. The van der Waals surface area contributed by atoms with Gasteiger partial charge in [0.2, 0.25) is 0 Å². The molecule has 1 aliphatic carbocycles. The van der Waals surface area contributed by atoms with Gasteiger partial charge in [0.1, 0.15) is 0 Å². The van der Waals surface area contributed by atoms with E-state index in [2.05, 4.69) is 17.1 Å². The number of carbonyl (C=O) groups is 1. The number of H-pyrrole nitrogens is 1. The molecule has 1 heterocycles. The molecule has 4 heteroatoms. The molecule has 1 atom stereocenters. The first kappa shape index (κ1) is 19.7. The number of hydrogen-bond acceptors (Lipinski definition) is 2. The number of benzene rings is 2. The van der Waals surface area contributed by atoms with Gasteiger partial charge in [0, 0.05) is 16.6 Å².